The summed E-state index contributed by atoms with van der Waals surface area (Å²) in [6.45, 7) is 3.43. The minimum atomic E-state index is -4.55. The summed E-state index contributed by atoms with van der Waals surface area (Å²) in [5.74, 6) is -0.158. The molecule has 0 atom stereocenters. The summed E-state index contributed by atoms with van der Waals surface area (Å²) in [4.78, 5) is 17.3. The van der Waals surface area contributed by atoms with Crippen molar-refractivity contribution in [1.82, 2.24) is 24.5 Å². The van der Waals surface area contributed by atoms with Gasteiger partial charge in [0.15, 0.2) is 11.5 Å². The van der Waals surface area contributed by atoms with Gasteiger partial charge >= 0.3 is 6.18 Å². The van der Waals surface area contributed by atoms with Crippen LogP contribution in [-0.2, 0) is 24.1 Å². The van der Waals surface area contributed by atoms with Gasteiger partial charge in [-0.3, -0.25) is 9.48 Å². The fourth-order valence-corrected chi connectivity index (χ4v) is 4.48. The number of aromatic nitrogens is 5. The van der Waals surface area contributed by atoms with E-state index in [1.165, 1.54) is 11.6 Å². The average Bonchev–Trinajstić information content (AvgIpc) is 3.53. The van der Waals surface area contributed by atoms with Crippen molar-refractivity contribution < 1.29 is 18.0 Å². The highest BCUT2D eigenvalue weighted by molar-refractivity contribution is 6.42. The number of aryl methyl sites for hydroxylation is 2. The maximum Gasteiger partial charge on any atom is 0.417 e. The lowest BCUT2D eigenvalue weighted by atomic mass is 10.1. The first-order valence-electron chi connectivity index (χ1n) is 11.2. The second kappa shape index (κ2) is 9.08. The predicted molar refractivity (Wildman–Crippen MR) is 130 cm³/mol. The molecule has 1 amide bonds. The Morgan fingerprint density at radius 1 is 1.08 bits per heavy atom. The number of carbonyl (C=O) groups excluding carboxylic acids is 1. The van der Waals surface area contributed by atoms with Crippen LogP contribution in [0.2, 0.25) is 10.0 Å². The smallest absolute Gasteiger partial charge is 0.308 e. The van der Waals surface area contributed by atoms with Gasteiger partial charge in [-0.15, -0.1) is 0 Å². The minimum Gasteiger partial charge on any atom is -0.308 e. The summed E-state index contributed by atoms with van der Waals surface area (Å²) in [7, 11) is 0. The van der Waals surface area contributed by atoms with Crippen molar-refractivity contribution in [1.29, 1.82) is 0 Å². The molecule has 0 aliphatic heterocycles. The van der Waals surface area contributed by atoms with Gasteiger partial charge in [0.1, 0.15) is 6.54 Å². The zero-order chi connectivity index (χ0) is 25.8. The van der Waals surface area contributed by atoms with Crippen LogP contribution in [-0.4, -0.2) is 30.5 Å². The van der Waals surface area contributed by atoms with Crippen LogP contribution in [0.25, 0.3) is 11.0 Å². The lowest BCUT2D eigenvalue weighted by Gasteiger charge is -2.11. The normalized spacial score (nSPS) is 14.0. The van der Waals surface area contributed by atoms with Gasteiger partial charge in [0, 0.05) is 23.4 Å². The van der Waals surface area contributed by atoms with E-state index in [9.17, 15) is 18.0 Å². The van der Waals surface area contributed by atoms with Gasteiger partial charge in [-0.1, -0.05) is 29.3 Å². The zero-order valence-electron chi connectivity index (χ0n) is 19.3. The van der Waals surface area contributed by atoms with E-state index in [2.05, 4.69) is 20.5 Å². The van der Waals surface area contributed by atoms with Crippen LogP contribution in [0, 0.1) is 13.8 Å². The highest BCUT2D eigenvalue weighted by Gasteiger charge is 2.37. The van der Waals surface area contributed by atoms with E-state index in [0.29, 0.717) is 28.1 Å². The van der Waals surface area contributed by atoms with E-state index in [1.807, 2.05) is 13.0 Å². The van der Waals surface area contributed by atoms with Gasteiger partial charge in [-0.2, -0.15) is 23.4 Å². The standard InChI is InChI=1S/C24H21Cl2F3N6O/c1-12-7-20(33-34(12)10-14-3-6-17(25)18(26)8-14)31-21(36)11-35-23-22(13(2)32-35)16(24(27,28)29)9-19(30-23)15-4-5-15/h3,6-9,15H,4-5,10-11H2,1-2H3,(H,31,33,36). The first-order valence-corrected chi connectivity index (χ1v) is 12.0. The molecule has 0 spiro atoms. The largest absolute Gasteiger partial charge is 0.417 e. The van der Waals surface area contributed by atoms with Gasteiger partial charge in [-0.05, 0) is 50.5 Å². The number of hydrogen-bond acceptors (Lipinski definition) is 4. The third-order valence-corrected chi connectivity index (χ3v) is 6.80. The summed E-state index contributed by atoms with van der Waals surface area (Å²) < 4.78 is 44.3. The molecular weight excluding hydrogens is 516 g/mol. The number of amides is 1. The molecule has 188 valence electrons. The molecule has 1 fully saturated rings. The Balaban J connectivity index is 1.37. The number of hydrogen-bond donors (Lipinski definition) is 1. The summed E-state index contributed by atoms with van der Waals surface area (Å²) in [6, 6.07) is 8.09. The molecule has 1 saturated carbocycles. The van der Waals surface area contributed by atoms with E-state index in [4.69, 9.17) is 23.2 Å². The fraction of sp³-hybridized carbons (Fsp3) is 0.333. The number of rotatable bonds is 6. The fourth-order valence-electron chi connectivity index (χ4n) is 4.16. The Hall–Kier alpha value is -3.11. The van der Waals surface area contributed by atoms with Crippen molar-refractivity contribution in [3.05, 3.63) is 68.6 Å². The Morgan fingerprint density at radius 3 is 2.50 bits per heavy atom. The second-order valence-corrected chi connectivity index (χ2v) is 9.75. The molecule has 12 heteroatoms. The van der Waals surface area contributed by atoms with Gasteiger partial charge in [0.05, 0.1) is 33.2 Å². The second-order valence-electron chi connectivity index (χ2n) is 8.93. The molecule has 36 heavy (non-hydrogen) atoms. The molecule has 1 aromatic carbocycles. The number of pyridine rings is 1. The molecule has 0 bridgehead atoms. The first kappa shape index (κ1) is 24.6. The number of carbonyl (C=O) groups is 1. The van der Waals surface area contributed by atoms with E-state index >= 15 is 0 Å². The number of fused-ring (bicyclic) bond motifs is 1. The molecule has 1 aliphatic rings. The maximum absolute atomic E-state index is 13.8. The topological polar surface area (TPSA) is 77.6 Å². The monoisotopic (exact) mass is 536 g/mol. The van der Waals surface area contributed by atoms with Crippen molar-refractivity contribution in [3.8, 4) is 0 Å². The van der Waals surface area contributed by atoms with Crippen LogP contribution in [0.3, 0.4) is 0 Å². The van der Waals surface area contributed by atoms with Crippen LogP contribution >= 0.6 is 23.2 Å². The predicted octanol–water partition coefficient (Wildman–Crippen LogP) is 6.13. The number of halogens is 5. The van der Waals surface area contributed by atoms with Crippen molar-refractivity contribution in [2.24, 2.45) is 0 Å². The van der Waals surface area contributed by atoms with Gasteiger partial charge in [0.2, 0.25) is 5.91 Å². The molecule has 4 aromatic rings. The SMILES string of the molecule is Cc1nn(CC(=O)Nc2cc(C)n(Cc3ccc(Cl)c(Cl)c3)n2)c2nc(C3CC3)cc(C(F)(F)F)c12. The first-order chi connectivity index (χ1) is 17.0. The number of alkyl halides is 3. The van der Waals surface area contributed by atoms with Gasteiger partial charge in [-0.25, -0.2) is 9.67 Å². The quantitative estimate of drug-likeness (QED) is 0.321. The van der Waals surface area contributed by atoms with Crippen LogP contribution in [0.15, 0.2) is 30.3 Å². The number of nitrogens with one attached hydrogen (secondary N) is 1. The Kier molecular flexibility index (Phi) is 6.20. The summed E-state index contributed by atoms with van der Waals surface area (Å²) in [5, 5.41) is 12.1. The van der Waals surface area contributed by atoms with Crippen LogP contribution in [0.4, 0.5) is 19.0 Å². The van der Waals surface area contributed by atoms with Crippen molar-refractivity contribution in [2.75, 3.05) is 5.32 Å². The van der Waals surface area contributed by atoms with Crippen LogP contribution < -0.4 is 5.32 Å². The van der Waals surface area contributed by atoms with E-state index in [0.717, 1.165) is 30.2 Å². The molecule has 7 nitrogen and oxygen atoms in total. The molecule has 1 N–H and O–H groups in total. The van der Waals surface area contributed by atoms with Gasteiger partial charge in [0.25, 0.3) is 0 Å². The summed E-state index contributed by atoms with van der Waals surface area (Å²) in [5.41, 5.74) is 1.51. The number of anilines is 1. The molecule has 1 aliphatic carbocycles. The highest BCUT2D eigenvalue weighted by atomic mass is 35.5. The van der Waals surface area contributed by atoms with E-state index in [-0.39, 0.29) is 29.2 Å². The lowest BCUT2D eigenvalue weighted by molar-refractivity contribution is -0.136. The lowest BCUT2D eigenvalue weighted by Crippen LogP contribution is -2.20. The van der Waals surface area contributed by atoms with E-state index < -0.39 is 17.6 Å². The zero-order valence-corrected chi connectivity index (χ0v) is 20.8. The molecule has 3 heterocycles. The van der Waals surface area contributed by atoms with Crippen molar-refractivity contribution in [3.63, 3.8) is 0 Å². The molecular formula is C24H21Cl2F3N6O. The van der Waals surface area contributed by atoms with Crippen molar-refractivity contribution >= 4 is 46.0 Å². The average molecular weight is 537 g/mol. The van der Waals surface area contributed by atoms with Crippen LogP contribution in [0.1, 0.15) is 47.0 Å². The third kappa shape index (κ3) is 4.92. The molecule has 3 aromatic heterocycles. The highest BCUT2D eigenvalue weighted by Crippen LogP contribution is 2.43. The van der Waals surface area contributed by atoms with Crippen LogP contribution in [0.5, 0.6) is 0 Å². The molecule has 0 unspecified atom stereocenters. The Bertz CT molecular complexity index is 1490. The summed E-state index contributed by atoms with van der Waals surface area (Å²) >= 11 is 12.1. The number of nitrogens with zero attached hydrogens (tertiary/aromatic N) is 5. The molecule has 0 radical (unpaired) electrons. The Morgan fingerprint density at radius 2 is 1.83 bits per heavy atom. The minimum absolute atomic E-state index is 0.00967. The third-order valence-electron chi connectivity index (χ3n) is 6.06. The molecule has 0 saturated heterocycles. The number of benzene rings is 1. The Labute approximate surface area is 214 Å². The van der Waals surface area contributed by atoms with Crippen molar-refractivity contribution in [2.45, 2.75) is 51.9 Å². The molecule has 5 rings (SSSR count). The maximum atomic E-state index is 13.8. The summed E-state index contributed by atoms with van der Waals surface area (Å²) in [6.07, 6.45) is -2.95. The van der Waals surface area contributed by atoms with E-state index in [1.54, 1.807) is 22.9 Å². The van der Waals surface area contributed by atoms with Gasteiger partial charge < -0.3 is 5.32 Å².